The molecule has 0 aliphatic carbocycles. The number of rotatable bonds is 5. The molecule has 0 N–H and O–H groups in total. The fraction of sp³-hybridized carbons (Fsp3) is 0.400. The smallest absolute Gasteiger partial charge is 0.0728 e. The predicted molar refractivity (Wildman–Crippen MR) is 68.7 cm³/mol. The van der Waals surface area contributed by atoms with E-state index >= 15 is 0 Å². The predicted octanol–water partition coefficient (Wildman–Crippen LogP) is 4.42. The van der Waals surface area contributed by atoms with Gasteiger partial charge in [-0.2, -0.15) is 5.26 Å². The van der Waals surface area contributed by atoms with E-state index in [9.17, 15) is 5.26 Å². The van der Waals surface area contributed by atoms with Gasteiger partial charge in [-0.15, -0.1) is 0 Å². The van der Waals surface area contributed by atoms with Crippen molar-refractivity contribution in [1.82, 2.24) is 0 Å². The molecule has 0 radical (unpaired) electrons. The molecule has 1 heteroatoms. The summed E-state index contributed by atoms with van der Waals surface area (Å²) in [7, 11) is 0. The van der Waals surface area contributed by atoms with Crippen molar-refractivity contribution in [2.24, 2.45) is 5.41 Å². The van der Waals surface area contributed by atoms with Gasteiger partial charge in [-0.25, -0.2) is 0 Å². The number of hydrogen-bond acceptors (Lipinski definition) is 1. The van der Waals surface area contributed by atoms with Crippen LogP contribution in [0.3, 0.4) is 0 Å². The standard InChI is InChI=1S/C15H19N/c1-3-4-11-15(2,13-16)12-10-14-8-6-5-7-9-14/h5-10,12H,3-4,11H2,1-2H3/b12-10+. The number of benzene rings is 1. The highest BCUT2D eigenvalue weighted by Crippen LogP contribution is 2.25. The van der Waals surface area contributed by atoms with Crippen molar-refractivity contribution in [2.45, 2.75) is 33.1 Å². The van der Waals surface area contributed by atoms with Gasteiger partial charge in [-0.1, -0.05) is 62.2 Å². The van der Waals surface area contributed by atoms with E-state index in [4.69, 9.17) is 0 Å². The van der Waals surface area contributed by atoms with Gasteiger partial charge in [0.1, 0.15) is 0 Å². The summed E-state index contributed by atoms with van der Waals surface area (Å²) in [6.45, 7) is 4.15. The molecule has 0 saturated carbocycles. The van der Waals surface area contributed by atoms with Crippen LogP contribution in [0.25, 0.3) is 6.08 Å². The molecule has 1 atom stereocenters. The molecule has 0 aliphatic rings. The average molecular weight is 213 g/mol. The summed E-state index contributed by atoms with van der Waals surface area (Å²) in [5.41, 5.74) is 0.826. The summed E-state index contributed by atoms with van der Waals surface area (Å²) in [4.78, 5) is 0. The summed E-state index contributed by atoms with van der Waals surface area (Å²) >= 11 is 0. The molecule has 0 aromatic heterocycles. The first-order valence-corrected chi connectivity index (χ1v) is 5.86. The van der Waals surface area contributed by atoms with Gasteiger partial charge in [0.05, 0.1) is 11.5 Å². The maximum Gasteiger partial charge on any atom is 0.0728 e. The normalized spacial score (nSPS) is 14.6. The molecule has 16 heavy (non-hydrogen) atoms. The molecule has 0 aliphatic heterocycles. The van der Waals surface area contributed by atoms with E-state index in [0.717, 1.165) is 24.8 Å². The minimum absolute atomic E-state index is 0.328. The number of nitriles is 1. The first-order chi connectivity index (χ1) is 7.70. The van der Waals surface area contributed by atoms with E-state index in [1.54, 1.807) is 0 Å². The molecule has 84 valence electrons. The Morgan fingerprint density at radius 2 is 2.00 bits per heavy atom. The van der Waals surface area contributed by atoms with E-state index in [1.165, 1.54) is 0 Å². The Morgan fingerprint density at radius 1 is 1.31 bits per heavy atom. The molecule has 0 saturated heterocycles. The van der Waals surface area contributed by atoms with Crippen LogP contribution in [-0.4, -0.2) is 0 Å². The molecule has 0 bridgehead atoms. The largest absolute Gasteiger partial charge is 0.197 e. The van der Waals surface area contributed by atoms with Crippen molar-refractivity contribution < 1.29 is 0 Å². The third-order valence-corrected chi connectivity index (χ3v) is 2.75. The third-order valence-electron chi connectivity index (χ3n) is 2.75. The zero-order valence-corrected chi connectivity index (χ0v) is 10.1. The van der Waals surface area contributed by atoms with Crippen LogP contribution in [0, 0.1) is 16.7 Å². The Labute approximate surface area is 98.4 Å². The minimum atomic E-state index is -0.328. The van der Waals surface area contributed by atoms with Gasteiger partial charge >= 0.3 is 0 Å². The molecule has 0 fully saturated rings. The molecular weight excluding hydrogens is 194 g/mol. The van der Waals surface area contributed by atoms with E-state index in [1.807, 2.05) is 49.4 Å². The summed E-state index contributed by atoms with van der Waals surface area (Å²) < 4.78 is 0. The lowest BCUT2D eigenvalue weighted by molar-refractivity contribution is 0.489. The Hall–Kier alpha value is -1.55. The first-order valence-electron chi connectivity index (χ1n) is 5.86. The minimum Gasteiger partial charge on any atom is -0.197 e. The second-order valence-electron chi connectivity index (χ2n) is 4.38. The summed E-state index contributed by atoms with van der Waals surface area (Å²) in [5.74, 6) is 0. The maximum absolute atomic E-state index is 9.19. The van der Waals surface area contributed by atoms with Crippen LogP contribution in [0.1, 0.15) is 38.7 Å². The highest BCUT2D eigenvalue weighted by atomic mass is 14.3. The summed E-state index contributed by atoms with van der Waals surface area (Å²) in [6.07, 6.45) is 7.24. The lowest BCUT2D eigenvalue weighted by Crippen LogP contribution is -2.09. The topological polar surface area (TPSA) is 23.8 Å². The van der Waals surface area contributed by atoms with Crippen molar-refractivity contribution >= 4 is 6.08 Å². The van der Waals surface area contributed by atoms with Crippen molar-refractivity contribution in [3.63, 3.8) is 0 Å². The second-order valence-corrected chi connectivity index (χ2v) is 4.38. The molecule has 0 spiro atoms. The monoisotopic (exact) mass is 213 g/mol. The SMILES string of the molecule is CCCCC(C)(C#N)/C=C/c1ccccc1. The number of unbranched alkanes of at least 4 members (excludes halogenated alkanes) is 1. The quantitative estimate of drug-likeness (QED) is 0.710. The van der Waals surface area contributed by atoms with Crippen molar-refractivity contribution in [1.29, 1.82) is 5.26 Å². The molecule has 1 aromatic rings. The highest BCUT2D eigenvalue weighted by Gasteiger charge is 2.18. The van der Waals surface area contributed by atoms with Crippen LogP contribution >= 0.6 is 0 Å². The molecule has 0 heterocycles. The Kier molecular flexibility index (Phi) is 4.79. The maximum atomic E-state index is 9.19. The molecular formula is C15H19N. The number of nitrogens with zero attached hydrogens (tertiary/aromatic N) is 1. The van der Waals surface area contributed by atoms with Crippen LogP contribution < -0.4 is 0 Å². The van der Waals surface area contributed by atoms with Gasteiger partial charge in [0.25, 0.3) is 0 Å². The summed E-state index contributed by atoms with van der Waals surface area (Å²) in [5, 5.41) is 9.19. The molecule has 1 aromatic carbocycles. The van der Waals surface area contributed by atoms with Crippen molar-refractivity contribution in [3.05, 3.63) is 42.0 Å². The molecule has 1 unspecified atom stereocenters. The van der Waals surface area contributed by atoms with Gasteiger partial charge in [0, 0.05) is 0 Å². The lowest BCUT2D eigenvalue weighted by atomic mass is 9.86. The van der Waals surface area contributed by atoms with Crippen LogP contribution in [0.2, 0.25) is 0 Å². The highest BCUT2D eigenvalue weighted by molar-refractivity contribution is 5.50. The van der Waals surface area contributed by atoms with E-state index in [0.29, 0.717) is 0 Å². The zero-order valence-electron chi connectivity index (χ0n) is 10.1. The average Bonchev–Trinajstić information content (AvgIpc) is 2.35. The second kappa shape index (κ2) is 6.12. The fourth-order valence-corrected chi connectivity index (χ4v) is 1.56. The Balaban J connectivity index is 2.70. The molecule has 1 nitrogen and oxygen atoms in total. The van der Waals surface area contributed by atoms with E-state index in [2.05, 4.69) is 13.0 Å². The zero-order chi connectivity index (χ0) is 11.9. The van der Waals surface area contributed by atoms with Crippen molar-refractivity contribution in [2.75, 3.05) is 0 Å². The Morgan fingerprint density at radius 3 is 2.56 bits per heavy atom. The lowest BCUT2D eigenvalue weighted by Gasteiger charge is -2.15. The van der Waals surface area contributed by atoms with Crippen LogP contribution in [0.15, 0.2) is 36.4 Å². The fourth-order valence-electron chi connectivity index (χ4n) is 1.56. The molecule has 0 amide bonds. The van der Waals surface area contributed by atoms with Gasteiger partial charge in [-0.05, 0) is 18.9 Å². The third kappa shape index (κ3) is 3.90. The summed E-state index contributed by atoms with van der Waals surface area (Å²) in [6, 6.07) is 12.5. The van der Waals surface area contributed by atoms with E-state index < -0.39 is 0 Å². The van der Waals surface area contributed by atoms with E-state index in [-0.39, 0.29) is 5.41 Å². The van der Waals surface area contributed by atoms with Crippen LogP contribution in [0.5, 0.6) is 0 Å². The van der Waals surface area contributed by atoms with Gasteiger partial charge in [0.15, 0.2) is 0 Å². The number of allylic oxidation sites excluding steroid dienone is 1. The van der Waals surface area contributed by atoms with Gasteiger partial charge in [0.2, 0.25) is 0 Å². The number of hydrogen-bond donors (Lipinski definition) is 0. The van der Waals surface area contributed by atoms with Gasteiger partial charge < -0.3 is 0 Å². The van der Waals surface area contributed by atoms with Crippen LogP contribution in [0.4, 0.5) is 0 Å². The Bertz CT molecular complexity index is 372. The van der Waals surface area contributed by atoms with Crippen molar-refractivity contribution in [3.8, 4) is 6.07 Å². The van der Waals surface area contributed by atoms with Gasteiger partial charge in [-0.3, -0.25) is 0 Å². The van der Waals surface area contributed by atoms with Crippen LogP contribution in [-0.2, 0) is 0 Å². The molecule has 1 rings (SSSR count). The first kappa shape index (κ1) is 12.5.